The predicted octanol–water partition coefficient (Wildman–Crippen LogP) is 0.513. The van der Waals surface area contributed by atoms with E-state index in [4.69, 9.17) is 5.84 Å². The number of likely N-dealkylation sites (N-methyl/N-ethyl adjacent to an activating group) is 2. The normalized spacial score (nSPS) is 12.4. The van der Waals surface area contributed by atoms with E-state index < -0.39 is 6.04 Å². The molecule has 0 aliphatic heterocycles. The zero-order valence-electron chi connectivity index (χ0n) is 14.8. The maximum Gasteiger partial charge on any atom is 0.242 e. The molecule has 0 aromatic carbocycles. The van der Waals surface area contributed by atoms with Crippen molar-refractivity contribution in [2.45, 2.75) is 52.6 Å². The third-order valence-corrected chi connectivity index (χ3v) is 2.92. The second-order valence-electron chi connectivity index (χ2n) is 4.73. The van der Waals surface area contributed by atoms with E-state index in [1.54, 1.807) is 14.1 Å². The van der Waals surface area contributed by atoms with Crippen LogP contribution in [0.2, 0.25) is 0 Å². The molecule has 129 valence electrons. The molecule has 0 spiro atoms. The van der Waals surface area contributed by atoms with Gasteiger partial charge in [0.15, 0.2) is 0 Å². The molecule has 0 saturated carbocycles. The molecule has 0 aromatic heterocycles. The van der Waals surface area contributed by atoms with Crippen LogP contribution in [0.3, 0.4) is 0 Å². The van der Waals surface area contributed by atoms with Crippen LogP contribution in [0, 0.1) is 5.92 Å². The van der Waals surface area contributed by atoms with Crippen molar-refractivity contribution in [2.75, 3.05) is 20.6 Å². The van der Waals surface area contributed by atoms with Gasteiger partial charge in [0.1, 0.15) is 6.04 Å². The monoisotopic (exact) mass is 391 g/mol. The van der Waals surface area contributed by atoms with Gasteiger partial charge in [-0.15, -0.1) is 6.54 Å². The molecule has 0 aliphatic carbocycles. The van der Waals surface area contributed by atoms with Crippen LogP contribution in [0.15, 0.2) is 0 Å². The summed E-state index contributed by atoms with van der Waals surface area (Å²) in [4.78, 5) is 23.8. The number of nitrogens with zero attached hydrogens (tertiary/aromatic N) is 1. The zero-order chi connectivity index (χ0) is 16.8. The summed E-state index contributed by atoms with van der Waals surface area (Å²) in [6, 6.07) is -0.861. The van der Waals surface area contributed by atoms with Gasteiger partial charge in [-0.05, 0) is 19.4 Å². The molecule has 0 heterocycles. The van der Waals surface area contributed by atoms with Crippen LogP contribution in [-0.4, -0.2) is 44.5 Å². The summed E-state index contributed by atoms with van der Waals surface area (Å²) in [5, 5.41) is 8.26. The quantitative estimate of drug-likeness (QED) is 0.261. The van der Waals surface area contributed by atoms with Crippen molar-refractivity contribution in [1.82, 2.24) is 16.0 Å². The minimum Gasteiger partial charge on any atom is -0.600 e. The van der Waals surface area contributed by atoms with Crippen molar-refractivity contribution in [3.8, 4) is 0 Å². The first-order valence-electron chi connectivity index (χ1n) is 7.53. The van der Waals surface area contributed by atoms with Crippen molar-refractivity contribution in [3.05, 3.63) is 5.43 Å². The van der Waals surface area contributed by atoms with Crippen LogP contribution in [0.5, 0.6) is 0 Å². The molecule has 2 unspecified atom stereocenters. The first-order chi connectivity index (χ1) is 9.97. The molecule has 8 heteroatoms. The summed E-state index contributed by atoms with van der Waals surface area (Å²) in [7, 11) is 3.28. The van der Waals surface area contributed by atoms with Crippen LogP contribution in [0.1, 0.15) is 40.5 Å². The summed E-state index contributed by atoms with van der Waals surface area (Å²) < 4.78 is 0. The van der Waals surface area contributed by atoms with Crippen molar-refractivity contribution in [3.63, 3.8) is 0 Å². The van der Waals surface area contributed by atoms with Crippen LogP contribution >= 0.6 is 0 Å². The molecule has 0 aliphatic rings. The fraction of sp³-hybridized carbons (Fsp3) is 0.857. The molecule has 7 nitrogen and oxygen atoms in total. The number of rotatable bonds is 9. The van der Waals surface area contributed by atoms with Gasteiger partial charge in [0.25, 0.3) is 0 Å². The first kappa shape index (κ1) is 26.8. The largest absolute Gasteiger partial charge is 0.600 e. The van der Waals surface area contributed by atoms with E-state index in [2.05, 4.69) is 21.4 Å². The van der Waals surface area contributed by atoms with Gasteiger partial charge in [0.2, 0.25) is 11.8 Å². The van der Waals surface area contributed by atoms with Crippen molar-refractivity contribution in [1.29, 1.82) is 0 Å². The van der Waals surface area contributed by atoms with E-state index in [9.17, 15) is 9.59 Å². The van der Waals surface area contributed by atoms with Crippen molar-refractivity contribution < 1.29 is 42.3 Å². The summed E-state index contributed by atoms with van der Waals surface area (Å²) >= 11 is 0. The van der Waals surface area contributed by atoms with Crippen LogP contribution in [0.25, 0.3) is 5.43 Å². The molecule has 22 heavy (non-hydrogen) atoms. The Kier molecular flexibility index (Phi) is 21.1. The van der Waals surface area contributed by atoms with Crippen LogP contribution < -0.4 is 21.8 Å². The molecule has 0 bridgehead atoms. The Labute approximate surface area is 160 Å². The fourth-order valence-electron chi connectivity index (χ4n) is 1.86. The fourth-order valence-corrected chi connectivity index (χ4v) is 1.86. The van der Waals surface area contributed by atoms with Gasteiger partial charge in [-0.25, -0.2) is 0 Å². The van der Waals surface area contributed by atoms with E-state index >= 15 is 0 Å². The summed E-state index contributed by atoms with van der Waals surface area (Å²) in [5.41, 5.74) is 3.49. The van der Waals surface area contributed by atoms with Crippen molar-refractivity contribution >= 4 is 11.8 Å². The molecule has 2 amide bonds. The molecule has 0 saturated heterocycles. The average Bonchev–Trinajstić information content (AvgIpc) is 2.48. The number of hydrogen-bond acceptors (Lipinski definition) is 4. The predicted molar refractivity (Wildman–Crippen MR) is 86.7 cm³/mol. The van der Waals surface area contributed by atoms with E-state index in [1.165, 1.54) is 0 Å². The Morgan fingerprint density at radius 2 is 1.68 bits per heavy atom. The molecular formula is C14H32N5O2Y-. The summed E-state index contributed by atoms with van der Waals surface area (Å²) in [6.07, 6.45) is 1.17. The van der Waals surface area contributed by atoms with Crippen LogP contribution in [0.4, 0.5) is 0 Å². The number of hydrogen-bond donors (Lipinski definition) is 4. The van der Waals surface area contributed by atoms with Gasteiger partial charge >= 0.3 is 0 Å². The first-order valence-corrected chi connectivity index (χ1v) is 7.53. The van der Waals surface area contributed by atoms with Gasteiger partial charge in [-0.2, -0.15) is 0 Å². The van der Waals surface area contributed by atoms with Crippen LogP contribution in [-0.2, 0) is 42.3 Å². The topological polar surface area (TPSA) is 110 Å². The van der Waals surface area contributed by atoms with E-state index in [-0.39, 0.29) is 56.5 Å². The molecule has 0 fully saturated rings. The Bertz CT molecular complexity index is 290. The van der Waals surface area contributed by atoms with Gasteiger partial charge < -0.3 is 27.2 Å². The Balaban J connectivity index is -0.00000115. The smallest absolute Gasteiger partial charge is 0.242 e. The maximum atomic E-state index is 12.1. The van der Waals surface area contributed by atoms with E-state index in [1.807, 2.05) is 27.7 Å². The molecular weight excluding hydrogens is 359 g/mol. The zero-order valence-corrected chi connectivity index (χ0v) is 17.6. The minimum absolute atomic E-state index is 0. The minimum atomic E-state index is -0.547. The molecule has 0 aromatic rings. The average molecular weight is 391 g/mol. The SMILES string of the molecule is CC.CNC(=O)C(CCC[N-]N)NC(=O)C(NC)C(C)C.[Y]. The number of carbonyl (C=O) groups excluding carboxylic acids is 2. The van der Waals surface area contributed by atoms with Crippen molar-refractivity contribution in [2.24, 2.45) is 11.8 Å². The number of nitrogens with one attached hydrogen (secondary N) is 3. The number of carbonyl (C=O) groups is 2. The number of amides is 2. The van der Waals surface area contributed by atoms with E-state index in [0.717, 1.165) is 0 Å². The summed E-state index contributed by atoms with van der Waals surface area (Å²) in [6.45, 7) is 8.37. The molecule has 2 atom stereocenters. The van der Waals surface area contributed by atoms with Gasteiger partial charge in [0.05, 0.1) is 6.04 Å². The van der Waals surface area contributed by atoms with Gasteiger partial charge in [0, 0.05) is 39.8 Å². The second kappa shape index (κ2) is 17.3. The number of nitrogens with two attached hydrogens (primary N) is 1. The van der Waals surface area contributed by atoms with Gasteiger partial charge in [-0.3, -0.25) is 9.59 Å². The van der Waals surface area contributed by atoms with E-state index in [0.29, 0.717) is 19.4 Å². The van der Waals surface area contributed by atoms with Gasteiger partial charge in [-0.1, -0.05) is 34.1 Å². The third kappa shape index (κ3) is 11.5. The molecule has 5 N–H and O–H groups in total. The second-order valence-corrected chi connectivity index (χ2v) is 4.73. The third-order valence-electron chi connectivity index (χ3n) is 2.92. The molecule has 1 radical (unpaired) electrons. The Hall–Kier alpha value is -0.0761. The Morgan fingerprint density at radius 3 is 2.05 bits per heavy atom. The summed E-state index contributed by atoms with van der Waals surface area (Å²) in [5.74, 6) is 4.83. The molecule has 0 rings (SSSR count). The maximum absolute atomic E-state index is 12.1. The standard InChI is InChI=1S/C12H26N5O2.C2H6.Y/c1-8(2)10(14-3)12(19)17-9(11(18)15-4)6-5-7-16-13;1-2;/h8-10,14H,5-7,13H2,1-4H3,(H,15,18)(H,17,19);1-2H3;/q-1;;. The Morgan fingerprint density at radius 1 is 1.14 bits per heavy atom.